The van der Waals surface area contributed by atoms with E-state index in [9.17, 15) is 4.79 Å². The van der Waals surface area contributed by atoms with Crippen molar-refractivity contribution in [3.63, 3.8) is 0 Å². The molecule has 0 radical (unpaired) electrons. The number of hydrogen-bond acceptors (Lipinski definition) is 1. The molecule has 2 atom stereocenters. The second-order valence-corrected chi connectivity index (χ2v) is 4.43. The monoisotopic (exact) mass is 238 g/mol. The average molecular weight is 239 g/mol. The molecule has 1 fully saturated rings. The summed E-state index contributed by atoms with van der Waals surface area (Å²) < 4.78 is 0. The Hall–Kier alpha value is -0.150. The van der Waals surface area contributed by atoms with Crippen molar-refractivity contribution in [2.24, 2.45) is 0 Å². The van der Waals surface area contributed by atoms with E-state index in [0.29, 0.717) is 12.4 Å². The molecule has 3 nitrogen and oxygen atoms in total. The fourth-order valence-corrected chi connectivity index (χ4v) is 2.07. The van der Waals surface area contributed by atoms with Gasteiger partial charge in [-0.2, -0.15) is 0 Å². The first-order chi connectivity index (χ1) is 6.74. The number of amides is 2. The summed E-state index contributed by atoms with van der Waals surface area (Å²) in [6.45, 7) is 0.493. The first-order valence-corrected chi connectivity index (χ1v) is 5.95. The minimum absolute atomic E-state index is 0.0745. The second kappa shape index (κ2) is 6.36. The number of rotatable bonds is 3. The predicted molar refractivity (Wildman–Crippen MR) is 59.2 cm³/mol. The third kappa shape index (κ3) is 3.93. The highest BCUT2D eigenvalue weighted by Crippen LogP contribution is 2.22. The summed E-state index contributed by atoms with van der Waals surface area (Å²) in [6.07, 6.45) is 4.27. The molecule has 5 heteroatoms. The van der Waals surface area contributed by atoms with Crippen molar-refractivity contribution in [1.82, 2.24) is 10.6 Å². The smallest absolute Gasteiger partial charge is 0.315 e. The van der Waals surface area contributed by atoms with Gasteiger partial charge in [0.2, 0.25) is 0 Å². The number of alkyl halides is 2. The van der Waals surface area contributed by atoms with Gasteiger partial charge >= 0.3 is 6.03 Å². The molecule has 1 saturated carbocycles. The Kier molecular flexibility index (Phi) is 5.41. The van der Waals surface area contributed by atoms with Crippen LogP contribution in [0.3, 0.4) is 0 Å². The molecule has 0 saturated heterocycles. The lowest BCUT2D eigenvalue weighted by Gasteiger charge is -2.27. The van der Waals surface area contributed by atoms with Gasteiger partial charge in [0.05, 0.1) is 5.38 Å². The normalized spacial score (nSPS) is 27.0. The van der Waals surface area contributed by atoms with E-state index in [4.69, 9.17) is 23.2 Å². The van der Waals surface area contributed by atoms with Gasteiger partial charge in [-0.05, 0) is 12.8 Å². The first kappa shape index (κ1) is 11.9. The van der Waals surface area contributed by atoms with Crippen LogP contribution in [0.1, 0.15) is 25.7 Å². The number of hydrogen-bond donors (Lipinski definition) is 2. The molecular formula is C9H16Cl2N2O. The van der Waals surface area contributed by atoms with Crippen molar-refractivity contribution in [2.75, 3.05) is 12.4 Å². The maximum Gasteiger partial charge on any atom is 0.315 e. The van der Waals surface area contributed by atoms with Gasteiger partial charge in [0.1, 0.15) is 0 Å². The highest BCUT2D eigenvalue weighted by molar-refractivity contribution is 6.21. The largest absolute Gasteiger partial charge is 0.337 e. The van der Waals surface area contributed by atoms with Gasteiger partial charge in [-0.15, -0.1) is 23.2 Å². The summed E-state index contributed by atoms with van der Waals surface area (Å²) in [6, 6.07) is -0.0519. The van der Waals surface area contributed by atoms with Crippen LogP contribution in [0.4, 0.5) is 4.79 Å². The van der Waals surface area contributed by atoms with Gasteiger partial charge in [-0.1, -0.05) is 12.8 Å². The Labute approximate surface area is 94.5 Å². The molecule has 2 amide bonds. The topological polar surface area (TPSA) is 41.1 Å². The zero-order valence-electron chi connectivity index (χ0n) is 8.06. The molecule has 0 bridgehead atoms. The molecule has 0 unspecified atom stereocenters. The van der Waals surface area contributed by atoms with Crippen molar-refractivity contribution >= 4 is 29.2 Å². The maximum absolute atomic E-state index is 11.3. The molecule has 0 aromatic heterocycles. The fraction of sp³-hybridized carbons (Fsp3) is 0.889. The summed E-state index contributed by atoms with van der Waals surface area (Å²) in [5.41, 5.74) is 0. The zero-order chi connectivity index (χ0) is 10.4. The molecule has 1 aliphatic rings. The van der Waals surface area contributed by atoms with Crippen molar-refractivity contribution in [3.05, 3.63) is 0 Å². The minimum Gasteiger partial charge on any atom is -0.337 e. The van der Waals surface area contributed by atoms with Crippen LogP contribution in [-0.2, 0) is 0 Å². The van der Waals surface area contributed by atoms with Crippen LogP contribution in [0.25, 0.3) is 0 Å². The van der Waals surface area contributed by atoms with E-state index < -0.39 is 0 Å². The van der Waals surface area contributed by atoms with Gasteiger partial charge in [0, 0.05) is 18.5 Å². The van der Waals surface area contributed by atoms with Crippen LogP contribution in [0.2, 0.25) is 0 Å². The van der Waals surface area contributed by atoms with Crippen LogP contribution in [0.15, 0.2) is 0 Å². The molecule has 1 rings (SSSR count). The van der Waals surface area contributed by atoms with E-state index in [1.165, 1.54) is 0 Å². The van der Waals surface area contributed by atoms with Crippen LogP contribution in [0, 0.1) is 0 Å². The standard InChI is InChI=1S/C9H16Cl2N2O/c10-5-6-12-9(14)13-8-4-2-1-3-7(8)11/h7-8H,1-6H2,(H2,12,13,14)/t7-,8+/m0/s1. The molecule has 0 aliphatic heterocycles. The molecular weight excluding hydrogens is 223 g/mol. The summed E-state index contributed by atoms with van der Waals surface area (Å²) >= 11 is 11.5. The lowest BCUT2D eigenvalue weighted by Crippen LogP contribution is -2.47. The number of carbonyl (C=O) groups excluding carboxylic acids is 1. The first-order valence-electron chi connectivity index (χ1n) is 4.98. The van der Waals surface area contributed by atoms with Crippen LogP contribution >= 0.6 is 23.2 Å². The van der Waals surface area contributed by atoms with E-state index in [2.05, 4.69) is 10.6 Å². The van der Waals surface area contributed by atoms with E-state index in [1.807, 2.05) is 0 Å². The van der Waals surface area contributed by atoms with Crippen molar-refractivity contribution in [1.29, 1.82) is 0 Å². The molecule has 2 N–H and O–H groups in total. The number of halogens is 2. The van der Waals surface area contributed by atoms with Crippen molar-refractivity contribution in [3.8, 4) is 0 Å². The summed E-state index contributed by atoms with van der Waals surface area (Å²) in [5.74, 6) is 0.433. The zero-order valence-corrected chi connectivity index (χ0v) is 9.57. The van der Waals surface area contributed by atoms with Gasteiger partial charge < -0.3 is 10.6 Å². The Balaban J connectivity index is 2.23. The quantitative estimate of drug-likeness (QED) is 0.727. The van der Waals surface area contributed by atoms with Gasteiger partial charge in [0.15, 0.2) is 0 Å². The molecule has 82 valence electrons. The summed E-state index contributed by atoms with van der Waals surface area (Å²) in [5, 5.41) is 5.60. The summed E-state index contributed by atoms with van der Waals surface area (Å²) in [7, 11) is 0. The second-order valence-electron chi connectivity index (χ2n) is 3.50. The van der Waals surface area contributed by atoms with Gasteiger partial charge in [-0.3, -0.25) is 0 Å². The van der Waals surface area contributed by atoms with E-state index >= 15 is 0 Å². The average Bonchev–Trinajstić information content (AvgIpc) is 2.18. The number of nitrogens with one attached hydrogen (secondary N) is 2. The maximum atomic E-state index is 11.3. The third-order valence-electron chi connectivity index (χ3n) is 2.38. The van der Waals surface area contributed by atoms with E-state index in [-0.39, 0.29) is 17.5 Å². The molecule has 0 spiro atoms. The van der Waals surface area contributed by atoms with Crippen molar-refractivity contribution in [2.45, 2.75) is 37.1 Å². The van der Waals surface area contributed by atoms with E-state index in [0.717, 1.165) is 25.7 Å². The lowest BCUT2D eigenvalue weighted by atomic mass is 9.95. The SMILES string of the molecule is O=C(NCCCl)N[C@@H]1CCCC[C@@H]1Cl. The highest BCUT2D eigenvalue weighted by Gasteiger charge is 2.24. The van der Waals surface area contributed by atoms with Crippen LogP contribution < -0.4 is 10.6 Å². The van der Waals surface area contributed by atoms with Gasteiger partial charge in [0.25, 0.3) is 0 Å². The minimum atomic E-state index is -0.164. The highest BCUT2D eigenvalue weighted by atomic mass is 35.5. The molecule has 0 aromatic rings. The van der Waals surface area contributed by atoms with Crippen molar-refractivity contribution < 1.29 is 4.79 Å². The summed E-state index contributed by atoms with van der Waals surface area (Å²) in [4.78, 5) is 11.3. The molecule has 14 heavy (non-hydrogen) atoms. The molecule has 1 aliphatic carbocycles. The number of carbonyl (C=O) groups is 1. The van der Waals surface area contributed by atoms with Gasteiger partial charge in [-0.25, -0.2) is 4.79 Å². The van der Waals surface area contributed by atoms with Crippen LogP contribution in [0.5, 0.6) is 0 Å². The lowest BCUT2D eigenvalue weighted by molar-refractivity contribution is 0.233. The van der Waals surface area contributed by atoms with E-state index in [1.54, 1.807) is 0 Å². The third-order valence-corrected chi connectivity index (χ3v) is 3.09. The molecule has 0 aromatic carbocycles. The number of urea groups is 1. The fourth-order valence-electron chi connectivity index (χ4n) is 1.63. The molecule has 0 heterocycles. The predicted octanol–water partition coefficient (Wildman–Crippen LogP) is 2.07. The Morgan fingerprint density at radius 2 is 2.07 bits per heavy atom. The Morgan fingerprint density at radius 3 is 2.71 bits per heavy atom. The van der Waals surface area contributed by atoms with Crippen LogP contribution in [-0.4, -0.2) is 29.9 Å². The Morgan fingerprint density at radius 1 is 1.36 bits per heavy atom. The Bertz CT molecular complexity index is 190.